The van der Waals surface area contributed by atoms with Gasteiger partial charge in [-0.05, 0) is 24.3 Å². The lowest BCUT2D eigenvalue weighted by atomic mass is 10.2. The molecule has 6 nitrogen and oxygen atoms in total. The minimum absolute atomic E-state index is 0.282. The second-order valence-electron chi connectivity index (χ2n) is 5.01. The van der Waals surface area contributed by atoms with E-state index in [4.69, 9.17) is 4.42 Å². The average Bonchev–Trinajstić information content (AvgIpc) is 3.26. The van der Waals surface area contributed by atoms with Gasteiger partial charge in [0.25, 0.3) is 5.91 Å². The molecule has 0 radical (unpaired) electrons. The number of aromatic amines is 1. The van der Waals surface area contributed by atoms with E-state index < -0.39 is 0 Å². The summed E-state index contributed by atoms with van der Waals surface area (Å²) >= 11 is 0. The van der Waals surface area contributed by atoms with E-state index in [0.29, 0.717) is 17.1 Å². The van der Waals surface area contributed by atoms with Crippen LogP contribution < -0.4 is 5.32 Å². The number of para-hydroxylation sites is 1. The van der Waals surface area contributed by atoms with Crippen LogP contribution in [0.4, 0.5) is 5.69 Å². The van der Waals surface area contributed by atoms with Crippen LogP contribution in [-0.2, 0) is 0 Å². The van der Waals surface area contributed by atoms with Gasteiger partial charge >= 0.3 is 0 Å². The first-order chi connectivity index (χ1) is 11.3. The molecule has 0 saturated carbocycles. The quantitative estimate of drug-likeness (QED) is 0.607. The summed E-state index contributed by atoms with van der Waals surface area (Å²) in [6.45, 7) is 0. The van der Waals surface area contributed by atoms with Gasteiger partial charge < -0.3 is 9.73 Å². The van der Waals surface area contributed by atoms with Crippen molar-refractivity contribution < 1.29 is 9.21 Å². The van der Waals surface area contributed by atoms with Crippen molar-refractivity contribution in [2.24, 2.45) is 0 Å². The van der Waals surface area contributed by atoms with Crippen LogP contribution in [0.3, 0.4) is 0 Å². The van der Waals surface area contributed by atoms with Gasteiger partial charge in [0.05, 0.1) is 23.7 Å². The molecule has 4 aromatic rings. The average molecular weight is 304 g/mol. The Bertz CT molecular complexity index is 973. The van der Waals surface area contributed by atoms with E-state index in [2.05, 4.69) is 20.5 Å². The highest BCUT2D eigenvalue weighted by Crippen LogP contribution is 2.19. The molecule has 0 aliphatic carbocycles. The maximum atomic E-state index is 12.3. The van der Waals surface area contributed by atoms with E-state index in [1.54, 1.807) is 30.7 Å². The molecular formula is C17H12N4O2. The zero-order chi connectivity index (χ0) is 15.6. The number of furan rings is 1. The zero-order valence-electron chi connectivity index (χ0n) is 12.0. The van der Waals surface area contributed by atoms with Crippen LogP contribution in [0.15, 0.2) is 65.4 Å². The molecule has 1 aromatic carbocycles. The summed E-state index contributed by atoms with van der Waals surface area (Å²) in [5, 5.41) is 10.6. The Labute approximate surface area is 131 Å². The largest absolute Gasteiger partial charge is 0.463 e. The number of hydrogen-bond acceptors (Lipinski definition) is 4. The summed E-state index contributed by atoms with van der Waals surface area (Å²) in [5.41, 5.74) is 2.43. The molecule has 0 saturated heterocycles. The van der Waals surface area contributed by atoms with E-state index in [0.717, 1.165) is 10.9 Å². The smallest absolute Gasteiger partial charge is 0.276 e. The Hall–Kier alpha value is -3.41. The molecule has 0 aliphatic heterocycles. The lowest BCUT2D eigenvalue weighted by Crippen LogP contribution is -2.12. The fourth-order valence-corrected chi connectivity index (χ4v) is 2.33. The summed E-state index contributed by atoms with van der Waals surface area (Å²) < 4.78 is 5.27. The van der Waals surface area contributed by atoms with Crippen molar-refractivity contribution in [1.29, 1.82) is 0 Å². The number of carbonyl (C=O) groups excluding carboxylic acids is 1. The highest BCUT2D eigenvalue weighted by Gasteiger charge is 2.13. The topological polar surface area (TPSA) is 83.8 Å². The predicted octanol–water partition coefficient (Wildman–Crippen LogP) is 3.47. The Morgan fingerprint density at radius 3 is 2.91 bits per heavy atom. The Morgan fingerprint density at radius 2 is 2.04 bits per heavy atom. The first kappa shape index (κ1) is 13.3. The molecule has 2 N–H and O–H groups in total. The van der Waals surface area contributed by atoms with Crippen molar-refractivity contribution in [2.45, 2.75) is 0 Å². The minimum atomic E-state index is -0.309. The summed E-state index contributed by atoms with van der Waals surface area (Å²) in [5.74, 6) is 0.319. The number of amides is 1. The molecule has 0 atom stereocenters. The lowest BCUT2D eigenvalue weighted by Gasteiger charge is -2.04. The third kappa shape index (κ3) is 2.57. The number of pyridine rings is 1. The van der Waals surface area contributed by atoms with Crippen molar-refractivity contribution >= 4 is 22.5 Å². The van der Waals surface area contributed by atoms with Gasteiger partial charge in [-0.3, -0.25) is 14.9 Å². The monoisotopic (exact) mass is 304 g/mol. The van der Waals surface area contributed by atoms with Gasteiger partial charge in [-0.15, -0.1) is 0 Å². The number of hydrogen-bond donors (Lipinski definition) is 2. The molecule has 23 heavy (non-hydrogen) atoms. The van der Waals surface area contributed by atoms with Crippen LogP contribution in [0, 0.1) is 0 Å². The van der Waals surface area contributed by atoms with Gasteiger partial charge in [0.2, 0.25) is 0 Å². The molecule has 112 valence electrons. The first-order valence-corrected chi connectivity index (χ1v) is 7.05. The van der Waals surface area contributed by atoms with Crippen molar-refractivity contribution in [2.75, 3.05) is 5.32 Å². The molecule has 3 heterocycles. The van der Waals surface area contributed by atoms with E-state index in [-0.39, 0.29) is 11.6 Å². The van der Waals surface area contributed by atoms with E-state index in [1.807, 2.05) is 30.3 Å². The number of carbonyl (C=O) groups is 1. The Morgan fingerprint density at radius 1 is 1.13 bits per heavy atom. The fourth-order valence-electron chi connectivity index (χ4n) is 2.33. The number of fused-ring (bicyclic) bond motifs is 1. The SMILES string of the molecule is O=C(Nc1cnc2ccccc2c1)c1cc(-c2ccco2)[nH]n1. The highest BCUT2D eigenvalue weighted by molar-refractivity contribution is 6.04. The van der Waals surface area contributed by atoms with Crippen molar-refractivity contribution in [3.63, 3.8) is 0 Å². The lowest BCUT2D eigenvalue weighted by molar-refractivity contribution is 0.102. The molecule has 0 aliphatic rings. The minimum Gasteiger partial charge on any atom is -0.463 e. The van der Waals surface area contributed by atoms with E-state index in [9.17, 15) is 4.79 Å². The summed E-state index contributed by atoms with van der Waals surface area (Å²) in [6, 6.07) is 14.8. The number of anilines is 1. The normalized spacial score (nSPS) is 10.8. The van der Waals surface area contributed by atoms with Crippen LogP contribution >= 0.6 is 0 Å². The molecule has 0 fully saturated rings. The van der Waals surface area contributed by atoms with E-state index >= 15 is 0 Å². The van der Waals surface area contributed by atoms with Gasteiger partial charge in [0.1, 0.15) is 5.69 Å². The van der Waals surface area contributed by atoms with Gasteiger partial charge in [-0.1, -0.05) is 18.2 Å². The van der Waals surface area contributed by atoms with Crippen LogP contribution in [0.5, 0.6) is 0 Å². The fraction of sp³-hybridized carbons (Fsp3) is 0. The maximum absolute atomic E-state index is 12.3. The first-order valence-electron chi connectivity index (χ1n) is 7.05. The van der Waals surface area contributed by atoms with Crippen molar-refractivity contribution in [1.82, 2.24) is 15.2 Å². The molecule has 1 amide bonds. The third-order valence-electron chi connectivity index (χ3n) is 3.45. The predicted molar refractivity (Wildman–Crippen MR) is 86.0 cm³/mol. The number of nitrogens with one attached hydrogen (secondary N) is 2. The molecular weight excluding hydrogens is 292 g/mol. The summed E-state index contributed by atoms with van der Waals surface area (Å²) in [4.78, 5) is 16.6. The van der Waals surface area contributed by atoms with Crippen molar-refractivity contribution in [3.05, 3.63) is 66.7 Å². The van der Waals surface area contributed by atoms with Gasteiger partial charge in [-0.25, -0.2) is 0 Å². The second kappa shape index (κ2) is 5.42. The summed E-state index contributed by atoms with van der Waals surface area (Å²) in [6.07, 6.45) is 3.19. The molecule has 4 rings (SSSR count). The highest BCUT2D eigenvalue weighted by atomic mass is 16.3. The molecule has 0 spiro atoms. The molecule has 0 unspecified atom stereocenters. The zero-order valence-corrected chi connectivity index (χ0v) is 12.0. The van der Waals surface area contributed by atoms with Gasteiger partial charge in [-0.2, -0.15) is 5.10 Å². The van der Waals surface area contributed by atoms with Crippen LogP contribution in [0.1, 0.15) is 10.5 Å². The third-order valence-corrected chi connectivity index (χ3v) is 3.45. The van der Waals surface area contributed by atoms with E-state index in [1.165, 1.54) is 0 Å². The number of aromatic nitrogens is 3. The van der Waals surface area contributed by atoms with Crippen LogP contribution in [0.25, 0.3) is 22.4 Å². The van der Waals surface area contributed by atoms with Gasteiger partial charge in [0, 0.05) is 11.5 Å². The van der Waals surface area contributed by atoms with Crippen LogP contribution in [0.2, 0.25) is 0 Å². The number of nitrogens with zero attached hydrogens (tertiary/aromatic N) is 2. The molecule has 0 bridgehead atoms. The Kier molecular flexibility index (Phi) is 3.12. The van der Waals surface area contributed by atoms with Crippen molar-refractivity contribution in [3.8, 4) is 11.5 Å². The Balaban J connectivity index is 1.57. The van der Waals surface area contributed by atoms with Gasteiger partial charge in [0.15, 0.2) is 11.5 Å². The maximum Gasteiger partial charge on any atom is 0.276 e. The summed E-state index contributed by atoms with van der Waals surface area (Å²) in [7, 11) is 0. The molecule has 6 heteroatoms. The number of rotatable bonds is 3. The molecule has 3 aromatic heterocycles. The standard InChI is InChI=1S/C17H12N4O2/c22-17(15-9-14(20-21-15)16-6-3-7-23-16)19-12-8-11-4-1-2-5-13(11)18-10-12/h1-10H,(H,19,22)(H,20,21). The number of H-pyrrole nitrogens is 1. The number of benzene rings is 1. The van der Waals surface area contributed by atoms with Crippen LogP contribution in [-0.4, -0.2) is 21.1 Å². The second-order valence-corrected chi connectivity index (χ2v) is 5.01.